The molecule has 0 unspecified atom stereocenters. The Bertz CT molecular complexity index is 363. The first-order valence-electron chi connectivity index (χ1n) is 4.56. The number of carbonyl (C=O) groups excluding carboxylic acids is 1. The van der Waals surface area contributed by atoms with Crippen LogP contribution in [-0.4, -0.2) is 15.6 Å². The fourth-order valence-electron chi connectivity index (χ4n) is 1.53. The van der Waals surface area contributed by atoms with Gasteiger partial charge in [-0.1, -0.05) is 0 Å². The zero-order valence-electron chi connectivity index (χ0n) is 7.66. The average molecular weight is 176 g/mol. The minimum Gasteiger partial charge on any atom is -0.295 e. The van der Waals surface area contributed by atoms with Gasteiger partial charge < -0.3 is 0 Å². The fourth-order valence-corrected chi connectivity index (χ4v) is 1.53. The SMILES string of the molecule is CCn1cc(C2=CC(=O)CC2)cn1. The molecular formula is C10H12N2O. The van der Waals surface area contributed by atoms with Gasteiger partial charge in [-0.2, -0.15) is 5.10 Å². The molecule has 0 atom stereocenters. The number of ketones is 1. The summed E-state index contributed by atoms with van der Waals surface area (Å²) in [7, 11) is 0. The van der Waals surface area contributed by atoms with E-state index in [1.165, 1.54) is 0 Å². The quantitative estimate of drug-likeness (QED) is 0.686. The Labute approximate surface area is 77.1 Å². The molecule has 1 aromatic rings. The van der Waals surface area contributed by atoms with Crippen LogP contribution in [0.5, 0.6) is 0 Å². The molecule has 3 nitrogen and oxygen atoms in total. The normalized spacial score (nSPS) is 16.4. The number of aryl methyl sites for hydroxylation is 1. The summed E-state index contributed by atoms with van der Waals surface area (Å²) in [5, 5.41) is 4.17. The Morgan fingerprint density at radius 1 is 1.54 bits per heavy atom. The van der Waals surface area contributed by atoms with Crippen LogP contribution in [0, 0.1) is 0 Å². The maximum Gasteiger partial charge on any atom is 0.156 e. The molecule has 1 aliphatic carbocycles. The van der Waals surface area contributed by atoms with E-state index >= 15 is 0 Å². The van der Waals surface area contributed by atoms with Crippen molar-refractivity contribution in [3.05, 3.63) is 24.0 Å². The van der Waals surface area contributed by atoms with Gasteiger partial charge in [-0.15, -0.1) is 0 Å². The Kier molecular flexibility index (Phi) is 2.00. The van der Waals surface area contributed by atoms with E-state index in [-0.39, 0.29) is 5.78 Å². The van der Waals surface area contributed by atoms with Crippen molar-refractivity contribution in [2.24, 2.45) is 0 Å². The van der Waals surface area contributed by atoms with Crippen LogP contribution in [0.3, 0.4) is 0 Å². The highest BCUT2D eigenvalue weighted by molar-refractivity contribution is 6.01. The van der Waals surface area contributed by atoms with Crippen molar-refractivity contribution in [2.45, 2.75) is 26.3 Å². The van der Waals surface area contributed by atoms with Crippen LogP contribution in [-0.2, 0) is 11.3 Å². The van der Waals surface area contributed by atoms with Crippen LogP contribution >= 0.6 is 0 Å². The highest BCUT2D eigenvalue weighted by atomic mass is 16.1. The minimum absolute atomic E-state index is 0.235. The van der Waals surface area contributed by atoms with Gasteiger partial charge in [0.25, 0.3) is 0 Å². The molecule has 1 heterocycles. The number of hydrogen-bond donors (Lipinski definition) is 0. The second-order valence-electron chi connectivity index (χ2n) is 3.22. The monoisotopic (exact) mass is 176 g/mol. The molecule has 13 heavy (non-hydrogen) atoms. The van der Waals surface area contributed by atoms with Gasteiger partial charge in [-0.3, -0.25) is 9.48 Å². The fraction of sp³-hybridized carbons (Fsp3) is 0.400. The number of hydrogen-bond acceptors (Lipinski definition) is 2. The molecule has 0 saturated heterocycles. The molecule has 1 aromatic heterocycles. The van der Waals surface area contributed by atoms with Gasteiger partial charge >= 0.3 is 0 Å². The lowest BCUT2D eigenvalue weighted by Gasteiger charge is -1.94. The summed E-state index contributed by atoms with van der Waals surface area (Å²) in [5.41, 5.74) is 2.22. The zero-order valence-corrected chi connectivity index (χ0v) is 7.66. The molecule has 0 saturated carbocycles. The largest absolute Gasteiger partial charge is 0.295 e. The van der Waals surface area contributed by atoms with Gasteiger partial charge in [0, 0.05) is 24.7 Å². The van der Waals surface area contributed by atoms with E-state index in [0.29, 0.717) is 6.42 Å². The number of nitrogens with zero attached hydrogens (tertiary/aromatic N) is 2. The van der Waals surface area contributed by atoms with Crippen LogP contribution in [0.15, 0.2) is 18.5 Å². The molecule has 0 aliphatic heterocycles. The molecule has 0 N–H and O–H groups in total. The van der Waals surface area contributed by atoms with Crippen molar-refractivity contribution in [1.82, 2.24) is 9.78 Å². The third kappa shape index (κ3) is 1.54. The summed E-state index contributed by atoms with van der Waals surface area (Å²) in [6.07, 6.45) is 7.08. The van der Waals surface area contributed by atoms with Gasteiger partial charge in [-0.25, -0.2) is 0 Å². The first-order chi connectivity index (χ1) is 6.29. The van der Waals surface area contributed by atoms with Crippen LogP contribution < -0.4 is 0 Å². The third-order valence-corrected chi connectivity index (χ3v) is 2.30. The lowest BCUT2D eigenvalue weighted by Crippen LogP contribution is -1.92. The molecule has 0 fully saturated rings. The average Bonchev–Trinajstić information content (AvgIpc) is 2.71. The summed E-state index contributed by atoms with van der Waals surface area (Å²) in [5.74, 6) is 0.235. The summed E-state index contributed by atoms with van der Waals surface area (Å²) in [4.78, 5) is 11.0. The summed E-state index contributed by atoms with van der Waals surface area (Å²) in [6, 6.07) is 0. The molecule has 1 aliphatic rings. The highest BCUT2D eigenvalue weighted by Crippen LogP contribution is 2.24. The third-order valence-electron chi connectivity index (χ3n) is 2.30. The molecule has 68 valence electrons. The molecule has 0 spiro atoms. The minimum atomic E-state index is 0.235. The smallest absolute Gasteiger partial charge is 0.156 e. The van der Waals surface area contributed by atoms with Crippen molar-refractivity contribution in [3.63, 3.8) is 0 Å². The highest BCUT2D eigenvalue weighted by Gasteiger charge is 2.14. The van der Waals surface area contributed by atoms with Crippen molar-refractivity contribution in [2.75, 3.05) is 0 Å². The standard InChI is InChI=1S/C10H12N2O/c1-2-12-7-9(6-11-12)8-3-4-10(13)5-8/h5-7H,2-4H2,1H3. The maximum absolute atomic E-state index is 11.0. The van der Waals surface area contributed by atoms with Crippen LogP contribution in [0.1, 0.15) is 25.3 Å². The zero-order chi connectivity index (χ0) is 9.26. The number of carbonyl (C=O) groups is 1. The predicted molar refractivity (Wildman–Crippen MR) is 50.1 cm³/mol. The predicted octanol–water partition coefficient (Wildman–Crippen LogP) is 1.65. The van der Waals surface area contributed by atoms with E-state index in [2.05, 4.69) is 5.10 Å². The van der Waals surface area contributed by atoms with Crippen molar-refractivity contribution in [1.29, 1.82) is 0 Å². The first-order valence-corrected chi connectivity index (χ1v) is 4.56. The van der Waals surface area contributed by atoms with E-state index in [0.717, 1.165) is 24.1 Å². The first kappa shape index (κ1) is 8.23. The molecule has 0 aromatic carbocycles. The number of allylic oxidation sites excluding steroid dienone is 2. The van der Waals surface area contributed by atoms with Gasteiger partial charge in [0.15, 0.2) is 5.78 Å². The maximum atomic E-state index is 11.0. The summed E-state index contributed by atoms with van der Waals surface area (Å²) < 4.78 is 1.87. The number of rotatable bonds is 2. The van der Waals surface area contributed by atoms with Crippen LogP contribution in [0.25, 0.3) is 5.57 Å². The van der Waals surface area contributed by atoms with E-state index in [1.54, 1.807) is 6.08 Å². The van der Waals surface area contributed by atoms with Gasteiger partial charge in [0.2, 0.25) is 0 Å². The molecule has 0 bridgehead atoms. The van der Waals surface area contributed by atoms with E-state index < -0.39 is 0 Å². The van der Waals surface area contributed by atoms with Gasteiger partial charge in [0.05, 0.1) is 6.20 Å². The molecule has 0 amide bonds. The second-order valence-corrected chi connectivity index (χ2v) is 3.22. The summed E-state index contributed by atoms with van der Waals surface area (Å²) in [6.45, 7) is 2.92. The molecule has 3 heteroatoms. The Balaban J connectivity index is 2.26. The van der Waals surface area contributed by atoms with Crippen molar-refractivity contribution < 1.29 is 4.79 Å². The van der Waals surface area contributed by atoms with Gasteiger partial charge in [-0.05, 0) is 25.0 Å². The second kappa shape index (κ2) is 3.17. The Morgan fingerprint density at radius 3 is 2.92 bits per heavy atom. The molecule has 2 rings (SSSR count). The van der Waals surface area contributed by atoms with Crippen molar-refractivity contribution >= 4 is 11.4 Å². The summed E-state index contributed by atoms with van der Waals surface area (Å²) >= 11 is 0. The van der Waals surface area contributed by atoms with E-state index in [9.17, 15) is 4.79 Å². The number of aromatic nitrogens is 2. The van der Waals surface area contributed by atoms with Crippen molar-refractivity contribution in [3.8, 4) is 0 Å². The van der Waals surface area contributed by atoms with Crippen LogP contribution in [0.4, 0.5) is 0 Å². The lowest BCUT2D eigenvalue weighted by atomic mass is 10.1. The molecule has 0 radical (unpaired) electrons. The van der Waals surface area contributed by atoms with Crippen LogP contribution in [0.2, 0.25) is 0 Å². The lowest BCUT2D eigenvalue weighted by molar-refractivity contribution is -0.114. The molecular weight excluding hydrogens is 164 g/mol. The Hall–Kier alpha value is -1.38. The Morgan fingerprint density at radius 2 is 2.38 bits per heavy atom. The topological polar surface area (TPSA) is 34.9 Å². The van der Waals surface area contributed by atoms with Gasteiger partial charge in [0.1, 0.15) is 0 Å². The van der Waals surface area contributed by atoms with E-state index in [1.807, 2.05) is 24.0 Å². The van der Waals surface area contributed by atoms with E-state index in [4.69, 9.17) is 0 Å².